The normalized spacial score (nSPS) is 11.3. The number of allylic oxidation sites excluding steroid dienone is 3. The van der Waals surface area contributed by atoms with Gasteiger partial charge in [0, 0.05) is 68.3 Å². The molecule has 0 N–H and O–H groups in total. The van der Waals surface area contributed by atoms with E-state index in [0.29, 0.717) is 0 Å². The van der Waals surface area contributed by atoms with Crippen molar-refractivity contribution in [3.63, 3.8) is 0 Å². The summed E-state index contributed by atoms with van der Waals surface area (Å²) >= 11 is 0. The van der Waals surface area contributed by atoms with Gasteiger partial charge in [0.15, 0.2) is 0 Å². The molecule has 0 aliphatic carbocycles. The molecule has 78 heavy (non-hydrogen) atoms. The maximum Gasteiger partial charge on any atom is 0.0468 e. The molecule has 0 amide bonds. The lowest BCUT2D eigenvalue weighted by molar-refractivity contribution is 1.21. The Morgan fingerprint density at radius 1 is 0.256 bits per heavy atom. The van der Waals surface area contributed by atoms with Gasteiger partial charge in [-0.05, 0) is 189 Å². The second kappa shape index (κ2) is 22.2. The fraction of sp³-hybridized carbons (Fsp3) is 0. The lowest BCUT2D eigenvalue weighted by Crippen LogP contribution is -2.15. The minimum Gasteiger partial charge on any atom is -0.311 e. The molecule has 0 bridgehead atoms. The van der Waals surface area contributed by atoms with Crippen LogP contribution in [0.5, 0.6) is 0 Å². The van der Waals surface area contributed by atoms with E-state index in [1.54, 1.807) is 0 Å². The maximum atomic E-state index is 4.29. The molecule has 0 saturated heterocycles. The first kappa shape index (κ1) is 48.5. The van der Waals surface area contributed by atoms with Crippen molar-refractivity contribution in [2.45, 2.75) is 0 Å². The largest absolute Gasteiger partial charge is 0.311 e. The van der Waals surface area contributed by atoms with Crippen molar-refractivity contribution in [1.82, 2.24) is 0 Å². The quantitative estimate of drug-likeness (QED) is 0.0706. The van der Waals surface area contributed by atoms with Gasteiger partial charge in [-0.15, -0.1) is 0 Å². The van der Waals surface area contributed by atoms with E-state index in [2.05, 4.69) is 330 Å². The molecular weight excluding hydrogens is 945 g/mol. The summed E-state index contributed by atoms with van der Waals surface area (Å²) in [5, 5.41) is 4.50. The first-order valence-electron chi connectivity index (χ1n) is 26.4. The van der Waals surface area contributed by atoms with Crippen LogP contribution in [0, 0.1) is 0 Å². The number of benzene rings is 12. The van der Waals surface area contributed by atoms with E-state index < -0.39 is 0 Å². The number of hydrogen-bond donors (Lipinski definition) is 0. The minimum atomic E-state index is 0.910. The van der Waals surface area contributed by atoms with Crippen molar-refractivity contribution in [3.8, 4) is 22.3 Å². The van der Waals surface area contributed by atoms with Gasteiger partial charge in [-0.3, -0.25) is 0 Å². The molecule has 0 unspecified atom stereocenters. The van der Waals surface area contributed by atoms with Crippen LogP contribution >= 0.6 is 0 Å². The summed E-state index contributed by atoms with van der Waals surface area (Å²) in [6, 6.07) is 106. The van der Waals surface area contributed by atoms with Gasteiger partial charge in [-0.2, -0.15) is 0 Å². The van der Waals surface area contributed by atoms with Crippen LogP contribution in [0.25, 0.3) is 43.8 Å². The number of nitrogens with zero attached hydrogens (tertiary/aromatic N) is 4. The van der Waals surface area contributed by atoms with Crippen molar-refractivity contribution in [2.75, 3.05) is 19.6 Å². The predicted molar refractivity (Wildman–Crippen MR) is 333 cm³/mol. The molecule has 4 heteroatoms. The molecule has 0 radical (unpaired) electrons. The van der Waals surface area contributed by atoms with Crippen LogP contribution in [0.15, 0.2) is 334 Å². The zero-order valence-corrected chi connectivity index (χ0v) is 43.2. The number of anilines is 11. The smallest absolute Gasteiger partial charge is 0.0468 e. The lowest BCUT2D eigenvalue weighted by Gasteiger charge is -2.29. The molecule has 0 aliphatic rings. The third kappa shape index (κ3) is 9.62. The zero-order chi connectivity index (χ0) is 52.6. The molecule has 12 aromatic rings. The van der Waals surface area contributed by atoms with Gasteiger partial charge in [0.25, 0.3) is 0 Å². The highest BCUT2D eigenvalue weighted by Gasteiger charge is 2.24. The van der Waals surface area contributed by atoms with E-state index in [9.17, 15) is 0 Å². The molecule has 372 valence electrons. The first-order chi connectivity index (χ1) is 38.6. The Labute approximate surface area is 457 Å². The van der Waals surface area contributed by atoms with Crippen molar-refractivity contribution in [3.05, 3.63) is 334 Å². The minimum absolute atomic E-state index is 0.910. The summed E-state index contributed by atoms with van der Waals surface area (Å²) in [6.07, 6.45) is 5.74. The van der Waals surface area contributed by atoms with Crippen LogP contribution in [0.1, 0.15) is 0 Å². The van der Waals surface area contributed by atoms with E-state index in [0.717, 1.165) is 112 Å². The van der Waals surface area contributed by atoms with Gasteiger partial charge in [0.05, 0.1) is 0 Å². The molecule has 4 nitrogen and oxygen atoms in total. The second-order valence-electron chi connectivity index (χ2n) is 19.0. The third-order valence-electron chi connectivity index (χ3n) is 14.3. The Morgan fingerprint density at radius 3 is 0.846 bits per heavy atom. The zero-order valence-electron chi connectivity index (χ0n) is 43.2. The number of para-hydroxylation sites is 7. The molecule has 12 aromatic carbocycles. The SMILES string of the molecule is C=CC=C(C=C)N(c1ccccc1)c1ccc2c(-c3ccc(N(c4ccccc4)c4ccccc4)cc3)c3cc(N(c4ccccc4)c4ccccc4)ccc3c(-c3ccc(N(c4ccccc4)c4ccccc4)cc3)c2c1. The highest BCUT2D eigenvalue weighted by Crippen LogP contribution is 2.49. The van der Waals surface area contributed by atoms with Crippen LogP contribution in [-0.4, -0.2) is 0 Å². The van der Waals surface area contributed by atoms with Crippen molar-refractivity contribution in [2.24, 2.45) is 0 Å². The monoisotopic (exact) mass is 1000 g/mol. The van der Waals surface area contributed by atoms with E-state index in [-0.39, 0.29) is 0 Å². The van der Waals surface area contributed by atoms with E-state index >= 15 is 0 Å². The number of fused-ring (bicyclic) bond motifs is 2. The highest BCUT2D eigenvalue weighted by atomic mass is 15.2. The summed E-state index contributed by atoms with van der Waals surface area (Å²) in [7, 11) is 0. The van der Waals surface area contributed by atoms with E-state index in [1.165, 1.54) is 0 Å². The maximum absolute atomic E-state index is 4.29. The van der Waals surface area contributed by atoms with Gasteiger partial charge in [0.2, 0.25) is 0 Å². The van der Waals surface area contributed by atoms with Crippen molar-refractivity contribution < 1.29 is 0 Å². The summed E-state index contributed by atoms with van der Waals surface area (Å²) in [4.78, 5) is 9.25. The van der Waals surface area contributed by atoms with Crippen LogP contribution in [0.4, 0.5) is 62.6 Å². The Bertz CT molecular complexity index is 3900. The van der Waals surface area contributed by atoms with E-state index in [4.69, 9.17) is 0 Å². The molecule has 0 saturated carbocycles. The third-order valence-corrected chi connectivity index (χ3v) is 14.3. The lowest BCUT2D eigenvalue weighted by atomic mass is 9.85. The highest BCUT2D eigenvalue weighted by molar-refractivity contribution is 6.22. The fourth-order valence-corrected chi connectivity index (χ4v) is 10.8. The van der Waals surface area contributed by atoms with Gasteiger partial charge in [-0.1, -0.05) is 183 Å². The van der Waals surface area contributed by atoms with Crippen LogP contribution in [-0.2, 0) is 0 Å². The van der Waals surface area contributed by atoms with Crippen molar-refractivity contribution >= 4 is 84.1 Å². The van der Waals surface area contributed by atoms with Gasteiger partial charge in [0.1, 0.15) is 0 Å². The molecule has 0 aromatic heterocycles. The van der Waals surface area contributed by atoms with Crippen LogP contribution in [0.3, 0.4) is 0 Å². The number of hydrogen-bond acceptors (Lipinski definition) is 4. The summed E-state index contributed by atoms with van der Waals surface area (Å²) in [6.45, 7) is 8.40. The Hall–Kier alpha value is -10.4. The average molecular weight is 1000 g/mol. The summed E-state index contributed by atoms with van der Waals surface area (Å²) < 4.78 is 0. The topological polar surface area (TPSA) is 13.0 Å². The van der Waals surface area contributed by atoms with Gasteiger partial charge >= 0.3 is 0 Å². The van der Waals surface area contributed by atoms with Gasteiger partial charge < -0.3 is 19.6 Å². The Balaban J connectivity index is 1.14. The second-order valence-corrected chi connectivity index (χ2v) is 19.0. The molecular formula is C74H56N4. The van der Waals surface area contributed by atoms with E-state index in [1.807, 2.05) is 18.2 Å². The first-order valence-corrected chi connectivity index (χ1v) is 26.4. The number of rotatable bonds is 16. The summed E-state index contributed by atoms with van der Waals surface area (Å²) in [5.41, 5.74) is 17.1. The van der Waals surface area contributed by atoms with Gasteiger partial charge in [-0.25, -0.2) is 0 Å². The molecule has 0 spiro atoms. The molecule has 0 aliphatic heterocycles. The molecule has 0 heterocycles. The predicted octanol–water partition coefficient (Wildman–Crippen LogP) is 21.1. The fourth-order valence-electron chi connectivity index (χ4n) is 10.8. The standard InChI is InChI=1S/C74H56N4/c1-3-26-57(4-2)75(58-27-12-5-13-28-58)67-49-51-69-71(53-67)73(55-41-45-65(46-42-55)76(59-29-14-6-15-30-59)60-31-16-7-17-32-60)70-52-50-68(78(63-37-22-10-23-38-63)64-39-24-11-25-40-64)54-72(70)74(69)56-43-47-66(48-44-56)77(61-33-18-8-19-34-61)62-35-20-9-21-36-62/h3-54H,1-2H2. The Morgan fingerprint density at radius 2 is 0.526 bits per heavy atom. The Kier molecular flexibility index (Phi) is 13.8. The average Bonchev–Trinajstić information content (AvgIpc) is 3.70. The summed E-state index contributed by atoms with van der Waals surface area (Å²) in [5.74, 6) is 0. The van der Waals surface area contributed by atoms with Crippen LogP contribution < -0.4 is 19.6 Å². The van der Waals surface area contributed by atoms with Crippen LogP contribution in [0.2, 0.25) is 0 Å². The molecule has 0 fully saturated rings. The van der Waals surface area contributed by atoms with Crippen molar-refractivity contribution in [1.29, 1.82) is 0 Å². The molecule has 0 atom stereocenters. The molecule has 12 rings (SSSR count).